The minimum atomic E-state index is -0.372. The highest BCUT2D eigenvalue weighted by Gasteiger charge is 2.18. The standard InChI is InChI=1S/C13H11BrClFN2/c14-11-6-5-8(16)7-10(11)13(18-17)9-3-1-2-4-12(9)15/h1-7,13,18H,17H2. The monoisotopic (exact) mass is 328 g/mol. The zero-order valence-corrected chi connectivity index (χ0v) is 11.7. The molecule has 1 atom stereocenters. The van der Waals surface area contributed by atoms with Gasteiger partial charge in [-0.25, -0.2) is 9.82 Å². The molecule has 0 heterocycles. The van der Waals surface area contributed by atoms with E-state index in [1.54, 1.807) is 12.1 Å². The van der Waals surface area contributed by atoms with E-state index < -0.39 is 0 Å². The Balaban J connectivity index is 2.52. The molecule has 2 aromatic rings. The van der Waals surface area contributed by atoms with E-state index in [1.807, 2.05) is 18.2 Å². The summed E-state index contributed by atoms with van der Waals surface area (Å²) in [5.74, 6) is 5.25. The minimum Gasteiger partial charge on any atom is -0.271 e. The van der Waals surface area contributed by atoms with E-state index in [2.05, 4.69) is 21.4 Å². The van der Waals surface area contributed by atoms with Crippen LogP contribution in [0, 0.1) is 5.82 Å². The Bertz CT molecular complexity index is 562. The molecule has 3 N–H and O–H groups in total. The largest absolute Gasteiger partial charge is 0.271 e. The maximum Gasteiger partial charge on any atom is 0.123 e. The lowest BCUT2D eigenvalue weighted by atomic mass is 9.99. The second-order valence-corrected chi connectivity index (χ2v) is 5.05. The van der Waals surface area contributed by atoms with Gasteiger partial charge in [-0.1, -0.05) is 45.7 Å². The summed E-state index contributed by atoms with van der Waals surface area (Å²) in [6.07, 6.45) is 0. The van der Waals surface area contributed by atoms with Crippen molar-refractivity contribution in [2.45, 2.75) is 6.04 Å². The van der Waals surface area contributed by atoms with Gasteiger partial charge < -0.3 is 0 Å². The average Bonchev–Trinajstić information content (AvgIpc) is 2.36. The van der Waals surface area contributed by atoms with E-state index >= 15 is 0 Å². The summed E-state index contributed by atoms with van der Waals surface area (Å²) < 4.78 is 14.1. The van der Waals surface area contributed by atoms with Gasteiger partial charge in [0.2, 0.25) is 0 Å². The zero-order valence-electron chi connectivity index (χ0n) is 9.33. The quantitative estimate of drug-likeness (QED) is 0.664. The van der Waals surface area contributed by atoms with Gasteiger partial charge in [0, 0.05) is 9.50 Å². The third-order valence-electron chi connectivity index (χ3n) is 2.65. The van der Waals surface area contributed by atoms with E-state index in [0.717, 1.165) is 10.0 Å². The summed E-state index contributed by atoms with van der Waals surface area (Å²) >= 11 is 9.52. The molecule has 5 heteroatoms. The molecule has 0 aliphatic rings. The van der Waals surface area contributed by atoms with Crippen molar-refractivity contribution in [3.63, 3.8) is 0 Å². The van der Waals surface area contributed by atoms with Crippen LogP contribution in [0.2, 0.25) is 5.02 Å². The molecular weight excluding hydrogens is 319 g/mol. The van der Waals surface area contributed by atoms with Crippen molar-refractivity contribution >= 4 is 27.5 Å². The Morgan fingerprint density at radius 3 is 2.56 bits per heavy atom. The van der Waals surface area contributed by atoms with Crippen LogP contribution < -0.4 is 11.3 Å². The number of hydrogen-bond donors (Lipinski definition) is 2. The first-order valence-electron chi connectivity index (χ1n) is 5.29. The summed E-state index contributed by atoms with van der Waals surface area (Å²) in [7, 11) is 0. The van der Waals surface area contributed by atoms with Crippen LogP contribution >= 0.6 is 27.5 Å². The summed E-state index contributed by atoms with van der Waals surface area (Å²) in [6, 6.07) is 11.4. The van der Waals surface area contributed by atoms with E-state index in [4.69, 9.17) is 17.4 Å². The molecule has 0 fully saturated rings. The Hall–Kier alpha value is -0.940. The fourth-order valence-electron chi connectivity index (χ4n) is 1.79. The number of nitrogens with two attached hydrogens (primary N) is 1. The Labute approximate surface area is 118 Å². The highest BCUT2D eigenvalue weighted by Crippen LogP contribution is 2.32. The number of hydrazine groups is 1. The van der Waals surface area contributed by atoms with Crippen molar-refractivity contribution < 1.29 is 4.39 Å². The van der Waals surface area contributed by atoms with Crippen LogP contribution in [-0.2, 0) is 0 Å². The molecule has 0 spiro atoms. The summed E-state index contributed by atoms with van der Waals surface area (Å²) in [5.41, 5.74) is 4.16. The molecule has 2 aromatic carbocycles. The smallest absolute Gasteiger partial charge is 0.123 e. The molecule has 0 aliphatic heterocycles. The first-order valence-corrected chi connectivity index (χ1v) is 6.46. The minimum absolute atomic E-state index is 0.319. The molecule has 0 amide bonds. The van der Waals surface area contributed by atoms with Crippen LogP contribution in [0.3, 0.4) is 0 Å². The lowest BCUT2D eigenvalue weighted by molar-refractivity contribution is 0.603. The fraction of sp³-hybridized carbons (Fsp3) is 0.0769. The molecule has 2 nitrogen and oxygen atoms in total. The van der Waals surface area contributed by atoms with E-state index in [9.17, 15) is 4.39 Å². The van der Waals surface area contributed by atoms with Crippen molar-refractivity contribution in [1.82, 2.24) is 5.43 Å². The number of halogens is 3. The van der Waals surface area contributed by atoms with Crippen LogP contribution in [0.1, 0.15) is 17.2 Å². The summed E-state index contributed by atoms with van der Waals surface area (Å²) in [4.78, 5) is 0. The Morgan fingerprint density at radius 1 is 1.17 bits per heavy atom. The molecule has 0 bridgehead atoms. The van der Waals surface area contributed by atoms with Gasteiger partial charge in [0.15, 0.2) is 0 Å². The van der Waals surface area contributed by atoms with Crippen molar-refractivity contribution in [2.75, 3.05) is 0 Å². The van der Waals surface area contributed by atoms with Gasteiger partial charge >= 0.3 is 0 Å². The van der Waals surface area contributed by atoms with Gasteiger partial charge in [0.25, 0.3) is 0 Å². The summed E-state index contributed by atoms with van der Waals surface area (Å²) in [5, 5.41) is 0.580. The van der Waals surface area contributed by atoms with Crippen molar-refractivity contribution in [3.8, 4) is 0 Å². The molecule has 0 aromatic heterocycles. The van der Waals surface area contributed by atoms with Crippen LogP contribution in [0.5, 0.6) is 0 Å². The predicted octanol–water partition coefficient (Wildman–Crippen LogP) is 3.79. The lowest BCUT2D eigenvalue weighted by Crippen LogP contribution is -2.29. The number of nitrogens with one attached hydrogen (secondary N) is 1. The van der Waals surface area contributed by atoms with Gasteiger partial charge in [0.1, 0.15) is 5.82 Å². The van der Waals surface area contributed by atoms with E-state index in [-0.39, 0.29) is 11.9 Å². The van der Waals surface area contributed by atoms with Crippen LogP contribution in [0.25, 0.3) is 0 Å². The topological polar surface area (TPSA) is 38.0 Å². The van der Waals surface area contributed by atoms with Crippen molar-refractivity contribution in [3.05, 3.63) is 68.9 Å². The molecule has 94 valence electrons. The second-order valence-electron chi connectivity index (χ2n) is 3.79. The maximum absolute atomic E-state index is 13.3. The van der Waals surface area contributed by atoms with E-state index in [0.29, 0.717) is 10.6 Å². The third-order valence-corrected chi connectivity index (χ3v) is 3.72. The molecule has 0 saturated heterocycles. The lowest BCUT2D eigenvalue weighted by Gasteiger charge is -2.19. The Kier molecular flexibility index (Phi) is 4.35. The Morgan fingerprint density at radius 2 is 1.89 bits per heavy atom. The predicted molar refractivity (Wildman–Crippen MR) is 74.7 cm³/mol. The molecular formula is C13H11BrClFN2. The molecule has 18 heavy (non-hydrogen) atoms. The number of benzene rings is 2. The number of rotatable bonds is 3. The van der Waals surface area contributed by atoms with E-state index in [1.165, 1.54) is 12.1 Å². The summed E-state index contributed by atoms with van der Waals surface area (Å²) in [6.45, 7) is 0. The van der Waals surface area contributed by atoms with Gasteiger partial charge in [-0.05, 0) is 35.4 Å². The molecule has 0 saturated carbocycles. The van der Waals surface area contributed by atoms with Gasteiger partial charge in [-0.2, -0.15) is 0 Å². The molecule has 0 radical (unpaired) electrons. The second kappa shape index (κ2) is 5.80. The third kappa shape index (κ3) is 2.72. The first-order chi connectivity index (χ1) is 8.63. The van der Waals surface area contributed by atoms with Crippen molar-refractivity contribution in [1.29, 1.82) is 0 Å². The molecule has 2 rings (SSSR count). The number of hydrogen-bond acceptors (Lipinski definition) is 2. The highest BCUT2D eigenvalue weighted by atomic mass is 79.9. The zero-order chi connectivity index (χ0) is 13.1. The molecule has 1 unspecified atom stereocenters. The maximum atomic E-state index is 13.3. The first kappa shape index (κ1) is 13.5. The van der Waals surface area contributed by atoms with Crippen LogP contribution in [-0.4, -0.2) is 0 Å². The average molecular weight is 330 g/mol. The van der Waals surface area contributed by atoms with Crippen molar-refractivity contribution in [2.24, 2.45) is 5.84 Å². The SMILES string of the molecule is NNC(c1ccccc1Cl)c1cc(F)ccc1Br. The highest BCUT2D eigenvalue weighted by molar-refractivity contribution is 9.10. The van der Waals surface area contributed by atoms with Crippen LogP contribution in [0.15, 0.2) is 46.9 Å². The van der Waals surface area contributed by atoms with Gasteiger partial charge in [-0.3, -0.25) is 5.84 Å². The molecule has 0 aliphatic carbocycles. The van der Waals surface area contributed by atoms with Gasteiger partial charge in [-0.15, -0.1) is 0 Å². The fourth-order valence-corrected chi connectivity index (χ4v) is 2.51. The van der Waals surface area contributed by atoms with Gasteiger partial charge in [0.05, 0.1) is 6.04 Å². The normalized spacial score (nSPS) is 12.4. The van der Waals surface area contributed by atoms with Crippen LogP contribution in [0.4, 0.5) is 4.39 Å².